The van der Waals surface area contributed by atoms with Crippen molar-refractivity contribution in [3.8, 4) is 17.3 Å². The quantitative estimate of drug-likeness (QED) is 0.735. The molecule has 0 aliphatic rings. The Morgan fingerprint density at radius 3 is 2.76 bits per heavy atom. The van der Waals surface area contributed by atoms with Crippen LogP contribution in [0.15, 0.2) is 34.8 Å². The highest BCUT2D eigenvalue weighted by Gasteiger charge is 2.09. The maximum Gasteiger partial charge on any atom is 0.147 e. The molecule has 4 heteroatoms. The van der Waals surface area contributed by atoms with Gasteiger partial charge in [-0.2, -0.15) is 5.26 Å². The van der Waals surface area contributed by atoms with E-state index >= 15 is 0 Å². The minimum Gasteiger partial charge on any atom is -0.234 e. The lowest BCUT2D eigenvalue weighted by Crippen LogP contribution is -1.92. The van der Waals surface area contributed by atoms with E-state index < -0.39 is 0 Å². The van der Waals surface area contributed by atoms with Crippen molar-refractivity contribution in [3.05, 3.63) is 51.1 Å². The van der Waals surface area contributed by atoms with Gasteiger partial charge in [-0.1, -0.05) is 39.7 Å². The van der Waals surface area contributed by atoms with Gasteiger partial charge in [0.1, 0.15) is 11.2 Å². The summed E-state index contributed by atoms with van der Waals surface area (Å²) in [5.41, 5.74) is 3.12. The monoisotopic (exact) mass is 306 g/mol. The molecule has 0 spiro atoms. The molecule has 0 amide bonds. The van der Waals surface area contributed by atoms with Crippen molar-refractivity contribution in [1.82, 2.24) is 4.98 Å². The van der Waals surface area contributed by atoms with Gasteiger partial charge in [0.25, 0.3) is 0 Å². The van der Waals surface area contributed by atoms with Gasteiger partial charge in [-0.3, -0.25) is 0 Å². The standard InChI is InChI=1S/C13H8BrClN2/c1-8-5-10(7-16)13(15)17-12(8)9-3-2-4-11(14)6-9/h2-6H,1H3. The number of benzene rings is 1. The van der Waals surface area contributed by atoms with Gasteiger partial charge in [-0.05, 0) is 30.7 Å². The molecule has 2 aromatic rings. The minimum atomic E-state index is 0.244. The first-order valence-corrected chi connectivity index (χ1v) is 6.12. The molecule has 0 aliphatic heterocycles. The van der Waals surface area contributed by atoms with Gasteiger partial charge in [0.05, 0.1) is 11.3 Å². The van der Waals surface area contributed by atoms with Gasteiger partial charge in [0.15, 0.2) is 0 Å². The van der Waals surface area contributed by atoms with Crippen molar-refractivity contribution in [2.75, 3.05) is 0 Å². The molecule has 1 heterocycles. The van der Waals surface area contributed by atoms with Gasteiger partial charge in [0, 0.05) is 10.0 Å². The van der Waals surface area contributed by atoms with E-state index in [9.17, 15) is 0 Å². The summed E-state index contributed by atoms with van der Waals surface area (Å²) in [7, 11) is 0. The molecule has 1 aromatic heterocycles. The van der Waals surface area contributed by atoms with E-state index in [1.54, 1.807) is 6.07 Å². The second-order valence-electron chi connectivity index (χ2n) is 3.61. The molecule has 0 atom stereocenters. The van der Waals surface area contributed by atoms with Crippen molar-refractivity contribution in [2.45, 2.75) is 6.92 Å². The molecule has 0 bridgehead atoms. The van der Waals surface area contributed by atoms with Crippen LogP contribution >= 0.6 is 27.5 Å². The zero-order valence-electron chi connectivity index (χ0n) is 9.04. The predicted octanol–water partition coefficient (Wildman–Crippen LogP) is 4.34. The molecular formula is C13H8BrClN2. The first-order chi connectivity index (χ1) is 8.11. The number of aryl methyl sites for hydroxylation is 1. The van der Waals surface area contributed by atoms with E-state index in [0.717, 1.165) is 21.3 Å². The smallest absolute Gasteiger partial charge is 0.147 e. The highest BCUT2D eigenvalue weighted by atomic mass is 79.9. The number of halogens is 2. The van der Waals surface area contributed by atoms with Crippen molar-refractivity contribution >= 4 is 27.5 Å². The van der Waals surface area contributed by atoms with Gasteiger partial charge in [-0.25, -0.2) is 4.98 Å². The lowest BCUT2D eigenvalue weighted by atomic mass is 10.1. The zero-order chi connectivity index (χ0) is 12.4. The van der Waals surface area contributed by atoms with Crippen LogP contribution in [0, 0.1) is 18.3 Å². The molecule has 0 saturated carbocycles. The van der Waals surface area contributed by atoms with Crippen LogP contribution in [0.3, 0.4) is 0 Å². The normalized spacial score (nSPS) is 10.0. The Hall–Kier alpha value is -1.37. The number of nitriles is 1. The molecule has 1 aromatic carbocycles. The Kier molecular flexibility index (Phi) is 3.46. The van der Waals surface area contributed by atoms with E-state index in [1.165, 1.54) is 0 Å². The lowest BCUT2D eigenvalue weighted by molar-refractivity contribution is 1.25. The van der Waals surface area contributed by atoms with E-state index in [1.807, 2.05) is 37.3 Å². The highest BCUT2D eigenvalue weighted by Crippen LogP contribution is 2.27. The fourth-order valence-electron chi connectivity index (χ4n) is 1.60. The van der Waals surface area contributed by atoms with Crippen molar-refractivity contribution in [1.29, 1.82) is 5.26 Å². The maximum absolute atomic E-state index is 8.87. The second-order valence-corrected chi connectivity index (χ2v) is 4.89. The van der Waals surface area contributed by atoms with E-state index in [2.05, 4.69) is 20.9 Å². The fourth-order valence-corrected chi connectivity index (χ4v) is 2.18. The Morgan fingerprint density at radius 2 is 2.12 bits per heavy atom. The van der Waals surface area contributed by atoms with E-state index in [-0.39, 0.29) is 5.15 Å². The van der Waals surface area contributed by atoms with Crippen molar-refractivity contribution in [3.63, 3.8) is 0 Å². The molecule has 2 nitrogen and oxygen atoms in total. The van der Waals surface area contributed by atoms with Crippen LogP contribution < -0.4 is 0 Å². The SMILES string of the molecule is Cc1cc(C#N)c(Cl)nc1-c1cccc(Br)c1. The maximum atomic E-state index is 8.87. The number of aromatic nitrogens is 1. The summed E-state index contributed by atoms with van der Waals surface area (Å²) in [6.07, 6.45) is 0. The first kappa shape index (κ1) is 12.1. The van der Waals surface area contributed by atoms with Crippen LogP contribution in [0.1, 0.15) is 11.1 Å². The summed E-state index contributed by atoms with van der Waals surface area (Å²) in [5, 5.41) is 9.11. The second kappa shape index (κ2) is 4.87. The van der Waals surface area contributed by atoms with E-state index in [0.29, 0.717) is 5.56 Å². The highest BCUT2D eigenvalue weighted by molar-refractivity contribution is 9.10. The molecule has 84 valence electrons. The molecule has 0 aliphatic carbocycles. The van der Waals surface area contributed by atoms with Crippen LogP contribution in [-0.2, 0) is 0 Å². The molecule has 17 heavy (non-hydrogen) atoms. The average Bonchev–Trinajstić information content (AvgIpc) is 2.31. The van der Waals surface area contributed by atoms with Crippen LogP contribution in [-0.4, -0.2) is 4.98 Å². The van der Waals surface area contributed by atoms with Crippen LogP contribution in [0.5, 0.6) is 0 Å². The summed E-state index contributed by atoms with van der Waals surface area (Å²) in [5.74, 6) is 0. The van der Waals surface area contributed by atoms with Crippen LogP contribution in [0.25, 0.3) is 11.3 Å². The average molecular weight is 308 g/mol. The van der Waals surface area contributed by atoms with Crippen LogP contribution in [0.4, 0.5) is 0 Å². The van der Waals surface area contributed by atoms with E-state index in [4.69, 9.17) is 16.9 Å². The van der Waals surface area contributed by atoms with Gasteiger partial charge in [0.2, 0.25) is 0 Å². The first-order valence-electron chi connectivity index (χ1n) is 4.95. The summed E-state index contributed by atoms with van der Waals surface area (Å²) in [4.78, 5) is 4.28. The third-order valence-corrected chi connectivity index (χ3v) is 3.17. The third kappa shape index (κ3) is 2.49. The third-order valence-electron chi connectivity index (χ3n) is 2.39. The number of pyridine rings is 1. The Morgan fingerprint density at radius 1 is 1.35 bits per heavy atom. The van der Waals surface area contributed by atoms with Crippen LogP contribution in [0.2, 0.25) is 5.15 Å². The Balaban J connectivity index is 2.61. The zero-order valence-corrected chi connectivity index (χ0v) is 11.4. The predicted molar refractivity (Wildman–Crippen MR) is 71.8 cm³/mol. The van der Waals surface area contributed by atoms with Crippen molar-refractivity contribution in [2.24, 2.45) is 0 Å². The Labute approximate surface area is 113 Å². The molecular weight excluding hydrogens is 300 g/mol. The molecule has 0 fully saturated rings. The number of nitrogens with zero attached hydrogens (tertiary/aromatic N) is 2. The minimum absolute atomic E-state index is 0.244. The van der Waals surface area contributed by atoms with Gasteiger partial charge in [-0.15, -0.1) is 0 Å². The number of rotatable bonds is 1. The number of hydrogen-bond acceptors (Lipinski definition) is 2. The molecule has 0 radical (unpaired) electrons. The number of hydrogen-bond donors (Lipinski definition) is 0. The summed E-state index contributed by atoms with van der Waals surface area (Å²) in [6.45, 7) is 1.92. The van der Waals surface area contributed by atoms with Gasteiger partial charge >= 0.3 is 0 Å². The summed E-state index contributed by atoms with van der Waals surface area (Å²) >= 11 is 9.36. The molecule has 2 rings (SSSR count). The fraction of sp³-hybridized carbons (Fsp3) is 0.0769. The molecule has 0 unspecified atom stereocenters. The lowest BCUT2D eigenvalue weighted by Gasteiger charge is -2.07. The Bertz CT molecular complexity index is 617. The molecule has 0 N–H and O–H groups in total. The summed E-state index contributed by atoms with van der Waals surface area (Å²) in [6, 6.07) is 11.6. The van der Waals surface area contributed by atoms with Gasteiger partial charge < -0.3 is 0 Å². The largest absolute Gasteiger partial charge is 0.234 e. The topological polar surface area (TPSA) is 36.7 Å². The molecule has 0 saturated heterocycles. The van der Waals surface area contributed by atoms with Crippen molar-refractivity contribution < 1.29 is 0 Å². The summed E-state index contributed by atoms with van der Waals surface area (Å²) < 4.78 is 0.983.